The summed E-state index contributed by atoms with van der Waals surface area (Å²) in [5.41, 5.74) is 2.73. The smallest absolute Gasteiger partial charge is 0.473 e. The summed E-state index contributed by atoms with van der Waals surface area (Å²) in [6.07, 6.45) is -3.38. The van der Waals surface area contributed by atoms with Gasteiger partial charge in [-0.15, -0.1) is 0 Å². The summed E-state index contributed by atoms with van der Waals surface area (Å²) in [5, 5.41) is 0.741. The molecule has 108 valence electrons. The number of halogens is 3. The normalized spacial score (nSPS) is 11.6. The predicted octanol–water partition coefficient (Wildman–Crippen LogP) is 2.29. The molecule has 1 amide bonds. The summed E-state index contributed by atoms with van der Waals surface area (Å²) < 4.78 is 40.9. The maximum absolute atomic E-state index is 12.0. The van der Waals surface area contributed by atoms with Crippen LogP contribution in [0.4, 0.5) is 13.2 Å². The van der Waals surface area contributed by atoms with Gasteiger partial charge in [-0.1, -0.05) is 0 Å². The lowest BCUT2D eigenvalue weighted by Crippen LogP contribution is -2.36. The minimum absolute atomic E-state index is 0.199. The van der Waals surface area contributed by atoms with Crippen molar-refractivity contribution < 1.29 is 27.5 Å². The molecular formula is C12H11F3N2O3. The van der Waals surface area contributed by atoms with Gasteiger partial charge in [0.1, 0.15) is 12.4 Å². The van der Waals surface area contributed by atoms with Crippen LogP contribution in [0.5, 0.6) is 5.75 Å². The quantitative estimate of drug-likeness (QED) is 0.848. The zero-order valence-corrected chi connectivity index (χ0v) is 10.4. The number of rotatable bonds is 4. The highest BCUT2D eigenvalue weighted by molar-refractivity contribution is 5.84. The highest BCUT2D eigenvalue weighted by Gasteiger charge is 2.39. The Labute approximate surface area is 111 Å². The van der Waals surface area contributed by atoms with Gasteiger partial charge in [0.05, 0.1) is 7.11 Å². The van der Waals surface area contributed by atoms with Crippen molar-refractivity contribution in [1.29, 1.82) is 0 Å². The Morgan fingerprint density at radius 1 is 1.40 bits per heavy atom. The molecule has 1 aromatic heterocycles. The number of fused-ring (bicyclic) bond motifs is 1. The lowest BCUT2D eigenvalue weighted by Gasteiger charge is -2.07. The molecule has 0 saturated heterocycles. The van der Waals surface area contributed by atoms with Crippen LogP contribution in [0.2, 0.25) is 0 Å². The van der Waals surface area contributed by atoms with Gasteiger partial charge in [-0.25, -0.2) is 5.48 Å². The number of carbonyl (C=O) groups is 1. The summed E-state index contributed by atoms with van der Waals surface area (Å²) in [5.74, 6) is -1.53. The number of ether oxygens (including phenoxy) is 1. The van der Waals surface area contributed by atoms with Crippen molar-refractivity contribution in [2.24, 2.45) is 0 Å². The highest BCUT2D eigenvalue weighted by Crippen LogP contribution is 2.24. The topological polar surface area (TPSA) is 63.4 Å². The summed E-state index contributed by atoms with van der Waals surface area (Å²) >= 11 is 0. The molecule has 5 nitrogen and oxygen atoms in total. The van der Waals surface area contributed by atoms with Gasteiger partial charge in [-0.3, -0.25) is 9.63 Å². The largest absolute Gasteiger partial charge is 0.497 e. The van der Waals surface area contributed by atoms with Crippen molar-refractivity contribution in [3.63, 3.8) is 0 Å². The van der Waals surface area contributed by atoms with E-state index in [0.717, 1.165) is 10.9 Å². The number of aromatic amines is 1. The molecule has 2 aromatic rings. The highest BCUT2D eigenvalue weighted by atomic mass is 19.4. The minimum atomic E-state index is -4.97. The van der Waals surface area contributed by atoms with E-state index in [1.54, 1.807) is 24.4 Å². The molecule has 2 rings (SSSR count). The molecular weight excluding hydrogens is 277 g/mol. The van der Waals surface area contributed by atoms with Crippen LogP contribution >= 0.6 is 0 Å². The lowest BCUT2D eigenvalue weighted by atomic mass is 10.2. The third-order valence-electron chi connectivity index (χ3n) is 2.62. The average molecular weight is 288 g/mol. The fourth-order valence-corrected chi connectivity index (χ4v) is 1.64. The van der Waals surface area contributed by atoms with E-state index in [9.17, 15) is 18.0 Å². The number of nitrogens with one attached hydrogen (secondary N) is 2. The molecule has 1 aromatic carbocycles. The molecule has 1 heterocycles. The summed E-state index contributed by atoms with van der Waals surface area (Å²) in [6.45, 7) is -0.199. The van der Waals surface area contributed by atoms with E-state index < -0.39 is 12.1 Å². The van der Waals surface area contributed by atoms with Gasteiger partial charge in [0.2, 0.25) is 0 Å². The first-order chi connectivity index (χ1) is 9.41. The second-order valence-corrected chi connectivity index (χ2v) is 3.94. The van der Waals surface area contributed by atoms with Crippen LogP contribution in [-0.2, 0) is 16.2 Å². The molecule has 0 bridgehead atoms. The van der Waals surface area contributed by atoms with Crippen LogP contribution in [0.1, 0.15) is 5.56 Å². The monoisotopic (exact) mass is 288 g/mol. The van der Waals surface area contributed by atoms with Crippen LogP contribution < -0.4 is 10.2 Å². The lowest BCUT2D eigenvalue weighted by molar-refractivity contribution is -0.186. The first-order valence-corrected chi connectivity index (χ1v) is 5.55. The number of H-pyrrole nitrogens is 1. The Morgan fingerprint density at radius 2 is 2.15 bits per heavy atom. The fourth-order valence-electron chi connectivity index (χ4n) is 1.64. The first-order valence-electron chi connectivity index (χ1n) is 5.55. The van der Waals surface area contributed by atoms with Gasteiger partial charge in [0.25, 0.3) is 0 Å². The maximum atomic E-state index is 12.0. The molecule has 0 aliphatic rings. The number of aromatic nitrogens is 1. The molecule has 0 fully saturated rings. The number of hydrogen-bond donors (Lipinski definition) is 2. The Morgan fingerprint density at radius 3 is 2.80 bits per heavy atom. The van der Waals surface area contributed by atoms with Crippen molar-refractivity contribution in [2.45, 2.75) is 12.8 Å². The Balaban J connectivity index is 2.05. The van der Waals surface area contributed by atoms with Crippen molar-refractivity contribution in [3.05, 3.63) is 30.0 Å². The zero-order chi connectivity index (χ0) is 14.8. The van der Waals surface area contributed by atoms with E-state index >= 15 is 0 Å². The van der Waals surface area contributed by atoms with Gasteiger partial charge >= 0.3 is 12.1 Å². The van der Waals surface area contributed by atoms with Crippen LogP contribution in [0.15, 0.2) is 24.4 Å². The molecule has 0 unspecified atom stereocenters. The second kappa shape index (κ2) is 5.41. The Hall–Kier alpha value is -2.22. The van der Waals surface area contributed by atoms with Crippen LogP contribution in [0.25, 0.3) is 10.9 Å². The zero-order valence-electron chi connectivity index (χ0n) is 10.4. The molecule has 0 saturated carbocycles. The molecule has 2 N–H and O–H groups in total. The van der Waals surface area contributed by atoms with Gasteiger partial charge in [-0.2, -0.15) is 13.2 Å². The van der Waals surface area contributed by atoms with Gasteiger partial charge in [-0.05, 0) is 18.2 Å². The van der Waals surface area contributed by atoms with E-state index in [2.05, 4.69) is 9.82 Å². The Kier molecular flexibility index (Phi) is 3.84. The van der Waals surface area contributed by atoms with Crippen LogP contribution in [0, 0.1) is 0 Å². The van der Waals surface area contributed by atoms with Gasteiger partial charge < -0.3 is 9.72 Å². The van der Waals surface area contributed by atoms with Crippen LogP contribution in [0.3, 0.4) is 0 Å². The SMILES string of the molecule is COc1ccc2[nH]cc(CONC(=O)C(F)(F)F)c2c1. The third-order valence-corrected chi connectivity index (χ3v) is 2.62. The number of benzene rings is 1. The van der Waals surface area contributed by atoms with Crippen LogP contribution in [-0.4, -0.2) is 24.2 Å². The van der Waals surface area contributed by atoms with Crippen molar-refractivity contribution in [3.8, 4) is 5.75 Å². The predicted molar refractivity (Wildman–Crippen MR) is 63.8 cm³/mol. The number of hydrogen-bond acceptors (Lipinski definition) is 3. The third kappa shape index (κ3) is 3.02. The van der Waals surface area contributed by atoms with E-state index in [1.165, 1.54) is 12.6 Å². The number of amides is 1. The molecule has 0 atom stereocenters. The maximum Gasteiger partial charge on any atom is 0.473 e. The number of alkyl halides is 3. The van der Waals surface area contributed by atoms with E-state index in [-0.39, 0.29) is 6.61 Å². The first kappa shape index (κ1) is 14.2. The molecule has 0 spiro atoms. The van der Waals surface area contributed by atoms with Gasteiger partial charge in [0.15, 0.2) is 0 Å². The van der Waals surface area contributed by atoms with Crippen molar-refractivity contribution >= 4 is 16.8 Å². The Bertz CT molecular complexity index is 622. The van der Waals surface area contributed by atoms with Gasteiger partial charge in [0, 0.05) is 22.7 Å². The number of hydroxylamine groups is 1. The standard InChI is InChI=1S/C12H11F3N2O3/c1-19-8-2-3-10-9(4-8)7(5-16-10)6-20-17-11(18)12(13,14)15/h2-5,16H,6H2,1H3,(H,17,18). The number of carbonyl (C=O) groups excluding carboxylic acids is 1. The average Bonchev–Trinajstić information content (AvgIpc) is 2.80. The molecule has 20 heavy (non-hydrogen) atoms. The van der Waals surface area contributed by atoms with E-state index in [0.29, 0.717) is 11.3 Å². The second-order valence-electron chi connectivity index (χ2n) is 3.94. The van der Waals surface area contributed by atoms with Crippen molar-refractivity contribution in [2.75, 3.05) is 7.11 Å². The van der Waals surface area contributed by atoms with E-state index in [4.69, 9.17) is 4.74 Å². The molecule has 0 aliphatic heterocycles. The molecule has 0 radical (unpaired) electrons. The molecule has 8 heteroatoms. The summed E-state index contributed by atoms with van der Waals surface area (Å²) in [4.78, 5) is 18.1. The summed E-state index contributed by atoms with van der Waals surface area (Å²) in [7, 11) is 1.51. The fraction of sp³-hybridized carbons (Fsp3) is 0.250. The molecule has 0 aliphatic carbocycles. The number of methoxy groups -OCH3 is 1. The summed E-state index contributed by atoms with van der Waals surface area (Å²) in [6, 6.07) is 5.23. The minimum Gasteiger partial charge on any atom is -0.497 e. The van der Waals surface area contributed by atoms with E-state index in [1.807, 2.05) is 0 Å². The van der Waals surface area contributed by atoms with Crippen molar-refractivity contribution in [1.82, 2.24) is 10.5 Å².